The summed E-state index contributed by atoms with van der Waals surface area (Å²) in [5.41, 5.74) is -1.90. The van der Waals surface area contributed by atoms with Crippen molar-refractivity contribution in [2.24, 2.45) is 71.0 Å². The van der Waals surface area contributed by atoms with Crippen LogP contribution < -0.4 is 0 Å². The number of hydrogen-bond donors (Lipinski definition) is 12. The van der Waals surface area contributed by atoms with E-state index in [4.69, 9.17) is 0 Å². The molecule has 12 N–H and O–H groups in total. The molecule has 0 bridgehead atoms. The number of benzene rings is 1. The van der Waals surface area contributed by atoms with E-state index in [2.05, 4.69) is 0 Å². The summed E-state index contributed by atoms with van der Waals surface area (Å²) < 4.78 is 110. The molecule has 0 unspecified atom stereocenters. The SMILES string of the molecule is O=P(O)(O)C(c1c(C(C2CCCCC2)(C2CCCCC2)P(=O)(O)O)c(C(C2CCCCC2)(C2CCCCC2)P(=O)(O)O)c(C(C2CCCCC2)(C2CCCCC2)P(=O)(O)O)c(C(C2CCCCC2)(C2CCCCC2)P(=O)(O)O)c1C(C1CCCCC1)(C1CCCCC1)P(=O)(O)O)(C1CCCCC1)C1CCCCC1. The van der Waals surface area contributed by atoms with Gasteiger partial charge in [-0.3, -0.25) is 27.4 Å². The third-order valence-corrected chi connectivity index (χ3v) is 45.0. The topological polar surface area (TPSA) is 345 Å². The minimum Gasteiger partial charge on any atom is -0.324 e. The van der Waals surface area contributed by atoms with E-state index in [1.165, 1.54) is 0 Å². The standard InChI is InChI=1S/C84H144O18P6/c85-103(86,87)79(61-37-13-1-14-38-61,62-39-15-2-16-40-62)73-74(80(104(88,89)90,63-41-17-3-18-42-63)64-43-19-4-20-44-64)76(82(106(94,95)96,67-49-25-7-26-50-67)68-51-27-8-28-52-68)78(84(108(100,101)102,71-57-33-11-34-58-71)72-59-35-12-36-60-72)77(83(107(97,98)99,69-53-29-9-30-54-69)70-55-31-10-32-56-70)75(73)81(105(91,92)93,65-45-21-5-22-46-65)66-47-23-6-24-48-66/h61-72H,1-60H2,(H2,85,86,87)(H2,88,89,90)(H2,91,92,93)(H2,94,95,96)(H2,97,98,99)(H2,100,101,102). The summed E-state index contributed by atoms with van der Waals surface area (Å²) in [6.45, 7) is 0. The molecule has 0 atom stereocenters. The Kier molecular flexibility index (Phi) is 27.7. The summed E-state index contributed by atoms with van der Waals surface area (Å²) in [6, 6.07) is 0. The average Bonchev–Trinajstić information content (AvgIpc) is 0.636. The van der Waals surface area contributed by atoms with Crippen molar-refractivity contribution in [1.29, 1.82) is 0 Å². The molecular weight excluding hydrogens is 1480 g/mol. The van der Waals surface area contributed by atoms with E-state index in [0.717, 1.165) is 0 Å². The summed E-state index contributed by atoms with van der Waals surface area (Å²) in [7, 11) is -37.6. The van der Waals surface area contributed by atoms with E-state index in [1.54, 1.807) is 0 Å². The highest BCUT2D eigenvalue weighted by atomic mass is 31.2. The molecular formula is C84H144O18P6. The van der Waals surface area contributed by atoms with Crippen molar-refractivity contribution in [2.75, 3.05) is 0 Å². The fourth-order valence-corrected chi connectivity index (χ4v) is 41.7. The highest BCUT2D eigenvalue weighted by Crippen LogP contribution is 2.87. The normalized spacial score (nSPS) is 26.1. The Balaban J connectivity index is 1.58. The van der Waals surface area contributed by atoms with Crippen LogP contribution in [0.3, 0.4) is 0 Å². The van der Waals surface area contributed by atoms with Gasteiger partial charge in [0, 0.05) is 0 Å². The van der Waals surface area contributed by atoms with Gasteiger partial charge in [-0.2, -0.15) is 0 Å². The lowest BCUT2D eigenvalue weighted by Crippen LogP contribution is -2.60. The van der Waals surface area contributed by atoms with Crippen LogP contribution >= 0.6 is 45.6 Å². The molecule has 0 saturated heterocycles. The molecule has 618 valence electrons. The zero-order chi connectivity index (χ0) is 76.8. The molecule has 13 rings (SSSR count). The second-order valence-electron chi connectivity index (χ2n) is 38.5. The van der Waals surface area contributed by atoms with Gasteiger partial charge in [-0.05, 0) is 258 Å². The summed E-state index contributed by atoms with van der Waals surface area (Å²) >= 11 is 0. The lowest BCUT2D eigenvalue weighted by atomic mass is 9.49. The Morgan fingerprint density at radius 2 is 0.204 bits per heavy atom. The maximum atomic E-state index is 18.3. The zero-order valence-electron chi connectivity index (χ0n) is 65.9. The highest BCUT2D eigenvalue weighted by molar-refractivity contribution is 7.55. The van der Waals surface area contributed by atoms with Crippen LogP contribution in [0.5, 0.6) is 0 Å². The minimum atomic E-state index is -6.27. The maximum absolute atomic E-state index is 18.3. The maximum Gasteiger partial charge on any atom is 0.336 e. The van der Waals surface area contributed by atoms with Crippen LogP contribution in [0, 0.1) is 71.0 Å². The Morgan fingerprint density at radius 3 is 0.259 bits per heavy atom. The lowest BCUT2D eigenvalue weighted by molar-refractivity contribution is 0.0873. The molecule has 18 nitrogen and oxygen atoms in total. The molecule has 0 heterocycles. The van der Waals surface area contributed by atoms with E-state index in [9.17, 15) is 58.7 Å². The molecule has 0 amide bonds. The summed E-state index contributed by atoms with van der Waals surface area (Å²) in [5, 5.41) is -16.4. The molecule has 12 aliphatic rings. The molecule has 1 aromatic carbocycles. The molecule has 0 aromatic heterocycles. The Morgan fingerprint density at radius 1 is 0.139 bits per heavy atom. The van der Waals surface area contributed by atoms with Crippen molar-refractivity contribution in [3.05, 3.63) is 33.4 Å². The fraction of sp³-hybridized carbons (Fsp3) is 0.929. The molecule has 0 aliphatic heterocycles. The molecule has 108 heavy (non-hydrogen) atoms. The first-order chi connectivity index (χ1) is 51.5. The largest absolute Gasteiger partial charge is 0.336 e. The molecule has 0 spiro atoms. The van der Waals surface area contributed by atoms with Gasteiger partial charge in [-0.1, -0.05) is 231 Å². The van der Waals surface area contributed by atoms with Crippen molar-refractivity contribution in [3.8, 4) is 0 Å². The molecule has 0 radical (unpaired) electrons. The average molecular weight is 1630 g/mol. The van der Waals surface area contributed by atoms with E-state index in [1.807, 2.05) is 0 Å². The van der Waals surface area contributed by atoms with Gasteiger partial charge >= 0.3 is 45.6 Å². The van der Waals surface area contributed by atoms with Gasteiger partial charge in [0.05, 0.1) is 0 Å². The smallest absolute Gasteiger partial charge is 0.324 e. The van der Waals surface area contributed by atoms with Crippen LogP contribution in [0.25, 0.3) is 0 Å². The van der Waals surface area contributed by atoms with Crippen LogP contribution in [0.2, 0.25) is 0 Å². The summed E-state index contributed by atoms with van der Waals surface area (Å²) in [5.74, 6) is -13.5. The minimum absolute atomic E-state index is 0.165. The Labute approximate surface area is 648 Å². The van der Waals surface area contributed by atoms with Crippen molar-refractivity contribution in [2.45, 2.75) is 416 Å². The Hall–Kier alpha value is 0.120. The highest BCUT2D eigenvalue weighted by Gasteiger charge is 2.78. The third-order valence-electron chi connectivity index (χ3n) is 33.5. The second kappa shape index (κ2) is 34.8. The van der Waals surface area contributed by atoms with Crippen molar-refractivity contribution < 1.29 is 86.1 Å². The first-order valence-corrected chi connectivity index (χ1v) is 54.8. The summed E-state index contributed by atoms with van der Waals surface area (Å²) in [6.07, 6.45) is 23.1. The van der Waals surface area contributed by atoms with Crippen LogP contribution in [-0.4, -0.2) is 58.7 Å². The molecule has 12 fully saturated rings. The van der Waals surface area contributed by atoms with Crippen LogP contribution in [0.15, 0.2) is 0 Å². The predicted octanol–water partition coefficient (Wildman–Crippen LogP) is 22.9. The van der Waals surface area contributed by atoms with Crippen molar-refractivity contribution >= 4 is 45.6 Å². The van der Waals surface area contributed by atoms with E-state index in [0.29, 0.717) is 231 Å². The first kappa shape index (κ1) is 86.0. The molecule has 24 heteroatoms. The van der Waals surface area contributed by atoms with Gasteiger partial charge in [0.25, 0.3) is 0 Å². The number of rotatable bonds is 24. The zero-order valence-corrected chi connectivity index (χ0v) is 71.2. The van der Waals surface area contributed by atoms with Crippen LogP contribution in [-0.2, 0) is 58.3 Å². The van der Waals surface area contributed by atoms with E-state index < -0.39 is 148 Å². The molecule has 12 saturated carbocycles. The summed E-state index contributed by atoms with van der Waals surface area (Å²) in [4.78, 5) is 178. The van der Waals surface area contributed by atoms with Gasteiger partial charge in [0.1, 0.15) is 30.9 Å². The lowest BCUT2D eigenvalue weighted by Gasteiger charge is -2.64. The third kappa shape index (κ3) is 14.7. The fourth-order valence-electron chi connectivity index (χ4n) is 29.8. The second-order valence-corrected chi connectivity index (χ2v) is 49.5. The Bertz CT molecular complexity index is 2740. The predicted molar refractivity (Wildman–Crippen MR) is 428 cm³/mol. The van der Waals surface area contributed by atoms with Gasteiger partial charge in [0.2, 0.25) is 0 Å². The van der Waals surface area contributed by atoms with Gasteiger partial charge in [-0.25, -0.2) is 0 Å². The van der Waals surface area contributed by atoms with E-state index >= 15 is 27.4 Å². The monoisotopic (exact) mass is 1630 g/mol. The van der Waals surface area contributed by atoms with Crippen LogP contribution in [0.1, 0.15) is 419 Å². The number of hydrogen-bond acceptors (Lipinski definition) is 6. The van der Waals surface area contributed by atoms with Gasteiger partial charge in [-0.15, -0.1) is 0 Å². The van der Waals surface area contributed by atoms with Gasteiger partial charge < -0.3 is 58.7 Å². The molecule has 12 aliphatic carbocycles. The first-order valence-electron chi connectivity index (χ1n) is 45.1. The van der Waals surface area contributed by atoms with Crippen molar-refractivity contribution in [1.82, 2.24) is 0 Å². The van der Waals surface area contributed by atoms with Crippen LogP contribution in [0.4, 0.5) is 0 Å². The quantitative estimate of drug-likeness (QED) is 0.0428. The van der Waals surface area contributed by atoms with E-state index in [-0.39, 0.29) is 187 Å². The van der Waals surface area contributed by atoms with Crippen molar-refractivity contribution in [3.63, 3.8) is 0 Å². The molecule has 1 aromatic rings. The van der Waals surface area contributed by atoms with Gasteiger partial charge in [0.15, 0.2) is 0 Å².